The zero-order chi connectivity index (χ0) is 19.1. The zero-order valence-electron chi connectivity index (χ0n) is 16.5. The molecule has 1 aromatic carbocycles. The van der Waals surface area contributed by atoms with E-state index in [-0.39, 0.29) is 23.4 Å². The maximum Gasteiger partial charge on any atom is 0.169 e. The Morgan fingerprint density at radius 3 is 2.56 bits per heavy atom. The van der Waals surface area contributed by atoms with Gasteiger partial charge in [-0.1, -0.05) is 53.7 Å². The SMILES string of the molecule is C=COc1c2c(cc(O)c1/C(=C\C)CCC)CC(C)C(C)C2=O.CC. The zero-order valence-corrected chi connectivity index (χ0v) is 16.5. The second-order valence-electron chi connectivity index (χ2n) is 6.32. The highest BCUT2D eigenvalue weighted by Gasteiger charge is 2.35. The summed E-state index contributed by atoms with van der Waals surface area (Å²) in [6.07, 6.45) is 5.83. The van der Waals surface area contributed by atoms with E-state index in [1.54, 1.807) is 6.07 Å². The summed E-state index contributed by atoms with van der Waals surface area (Å²) in [5.41, 5.74) is 3.09. The Balaban J connectivity index is 0.00000151. The van der Waals surface area contributed by atoms with E-state index in [2.05, 4.69) is 20.4 Å². The summed E-state index contributed by atoms with van der Waals surface area (Å²) in [6, 6.07) is 1.74. The first-order valence-electron chi connectivity index (χ1n) is 9.32. The Hall–Kier alpha value is -2.03. The first kappa shape index (κ1) is 21.0. The van der Waals surface area contributed by atoms with Gasteiger partial charge in [-0.05, 0) is 42.9 Å². The number of Topliss-reactive ketones (excluding diaryl/α,β-unsaturated/α-hetero) is 1. The highest BCUT2D eigenvalue weighted by Crippen LogP contribution is 2.45. The number of phenolic OH excluding ortho intramolecular Hbond substituents is 1. The van der Waals surface area contributed by atoms with Crippen LogP contribution in [0, 0.1) is 11.8 Å². The van der Waals surface area contributed by atoms with Gasteiger partial charge in [-0.3, -0.25) is 4.79 Å². The number of rotatable bonds is 5. The Bertz CT molecular complexity index is 656. The summed E-state index contributed by atoms with van der Waals surface area (Å²) in [7, 11) is 0. The first-order valence-corrected chi connectivity index (χ1v) is 9.32. The van der Waals surface area contributed by atoms with Gasteiger partial charge in [-0.15, -0.1) is 0 Å². The van der Waals surface area contributed by atoms with Crippen LogP contribution in [0.15, 0.2) is 25.0 Å². The third-order valence-corrected chi connectivity index (χ3v) is 4.79. The van der Waals surface area contributed by atoms with E-state index in [9.17, 15) is 9.90 Å². The Morgan fingerprint density at radius 2 is 2.04 bits per heavy atom. The van der Waals surface area contributed by atoms with Crippen LogP contribution in [0.25, 0.3) is 5.57 Å². The molecule has 2 rings (SSSR count). The summed E-state index contributed by atoms with van der Waals surface area (Å²) in [5.74, 6) is 0.932. The summed E-state index contributed by atoms with van der Waals surface area (Å²) in [4.78, 5) is 12.8. The van der Waals surface area contributed by atoms with Crippen LogP contribution in [0.4, 0.5) is 0 Å². The molecule has 0 amide bonds. The monoisotopic (exact) mass is 344 g/mol. The molecule has 1 aliphatic rings. The predicted molar refractivity (Wildman–Crippen MR) is 105 cm³/mol. The van der Waals surface area contributed by atoms with Gasteiger partial charge in [0, 0.05) is 5.92 Å². The molecule has 0 saturated heterocycles. The van der Waals surface area contributed by atoms with Crippen LogP contribution in [0.2, 0.25) is 0 Å². The minimum Gasteiger partial charge on any atom is -0.507 e. The number of aromatic hydroxyl groups is 1. The first-order chi connectivity index (χ1) is 12.0. The average Bonchev–Trinajstić information content (AvgIpc) is 2.60. The number of ether oxygens (including phenoxy) is 1. The van der Waals surface area contributed by atoms with Gasteiger partial charge in [0.25, 0.3) is 0 Å². The normalized spacial score (nSPS) is 19.6. The minimum absolute atomic E-state index is 0.0488. The molecule has 0 radical (unpaired) electrons. The van der Waals surface area contributed by atoms with Gasteiger partial charge in [0.2, 0.25) is 0 Å². The highest BCUT2D eigenvalue weighted by atomic mass is 16.5. The van der Waals surface area contributed by atoms with Gasteiger partial charge in [-0.2, -0.15) is 0 Å². The number of hydrogen-bond donors (Lipinski definition) is 1. The molecule has 0 bridgehead atoms. The van der Waals surface area contributed by atoms with Gasteiger partial charge >= 0.3 is 0 Å². The average molecular weight is 344 g/mol. The number of allylic oxidation sites excluding steroid dienone is 2. The third-order valence-electron chi connectivity index (χ3n) is 4.79. The third kappa shape index (κ3) is 4.15. The molecule has 0 fully saturated rings. The van der Waals surface area contributed by atoms with E-state index in [0.717, 1.165) is 30.4 Å². The lowest BCUT2D eigenvalue weighted by Gasteiger charge is -2.29. The van der Waals surface area contributed by atoms with Crippen molar-refractivity contribution in [2.75, 3.05) is 0 Å². The molecule has 1 aromatic rings. The van der Waals surface area contributed by atoms with Crippen LogP contribution < -0.4 is 4.74 Å². The lowest BCUT2D eigenvalue weighted by atomic mass is 9.75. The van der Waals surface area contributed by atoms with E-state index in [0.29, 0.717) is 16.9 Å². The number of ketones is 1. The van der Waals surface area contributed by atoms with E-state index < -0.39 is 0 Å². The molecule has 2 unspecified atom stereocenters. The van der Waals surface area contributed by atoms with E-state index in [4.69, 9.17) is 4.74 Å². The molecule has 3 nitrogen and oxygen atoms in total. The smallest absolute Gasteiger partial charge is 0.169 e. The largest absolute Gasteiger partial charge is 0.507 e. The molecule has 1 aliphatic carbocycles. The fourth-order valence-electron chi connectivity index (χ4n) is 3.33. The maximum atomic E-state index is 12.8. The molecular weight excluding hydrogens is 312 g/mol. The lowest BCUT2D eigenvalue weighted by molar-refractivity contribution is 0.0874. The summed E-state index contributed by atoms with van der Waals surface area (Å²) >= 11 is 0. The summed E-state index contributed by atoms with van der Waals surface area (Å²) in [6.45, 7) is 15.7. The molecule has 25 heavy (non-hydrogen) atoms. The predicted octanol–water partition coefficient (Wildman–Crippen LogP) is 6.16. The van der Waals surface area contributed by atoms with Crippen LogP contribution in [-0.2, 0) is 6.42 Å². The fraction of sp³-hybridized carbons (Fsp3) is 0.500. The lowest BCUT2D eigenvalue weighted by Crippen LogP contribution is -2.28. The molecular formula is C22H32O3. The molecule has 138 valence electrons. The van der Waals surface area contributed by atoms with Crippen molar-refractivity contribution in [3.05, 3.63) is 41.7 Å². The van der Waals surface area contributed by atoms with Gasteiger partial charge in [0.1, 0.15) is 11.5 Å². The van der Waals surface area contributed by atoms with Crippen molar-refractivity contribution in [1.29, 1.82) is 0 Å². The quantitative estimate of drug-likeness (QED) is 0.651. The number of fused-ring (bicyclic) bond motifs is 1. The van der Waals surface area contributed by atoms with Crippen molar-refractivity contribution in [2.24, 2.45) is 11.8 Å². The molecule has 2 atom stereocenters. The Kier molecular flexibility index (Phi) is 7.95. The summed E-state index contributed by atoms with van der Waals surface area (Å²) in [5, 5.41) is 10.6. The molecule has 0 heterocycles. The van der Waals surface area contributed by atoms with Crippen molar-refractivity contribution >= 4 is 11.4 Å². The van der Waals surface area contributed by atoms with Crippen LogP contribution in [0.3, 0.4) is 0 Å². The fourth-order valence-corrected chi connectivity index (χ4v) is 3.33. The van der Waals surface area contributed by atoms with E-state index >= 15 is 0 Å². The Labute approximate surface area is 152 Å². The Morgan fingerprint density at radius 1 is 1.40 bits per heavy atom. The highest BCUT2D eigenvalue weighted by molar-refractivity contribution is 6.04. The second-order valence-corrected chi connectivity index (χ2v) is 6.32. The van der Waals surface area contributed by atoms with Crippen molar-refractivity contribution in [3.8, 4) is 11.5 Å². The van der Waals surface area contributed by atoms with Crippen LogP contribution in [0.5, 0.6) is 11.5 Å². The molecule has 0 saturated carbocycles. The van der Waals surface area contributed by atoms with Crippen molar-refractivity contribution < 1.29 is 14.6 Å². The van der Waals surface area contributed by atoms with Crippen molar-refractivity contribution in [2.45, 2.75) is 60.8 Å². The van der Waals surface area contributed by atoms with Crippen molar-refractivity contribution in [1.82, 2.24) is 0 Å². The molecule has 0 aliphatic heterocycles. The standard InChI is InChI=1S/C20H26O3.C2H6/c1-6-9-14(7-2)17-16(21)11-15-10-12(4)13(5)19(22)18(15)20(17)23-8-3;1-2/h7-8,11-13,21H,3,6,9-10H2,1-2,4-5H3;1-2H3/b14-7-;. The second kappa shape index (κ2) is 9.45. The van der Waals surface area contributed by atoms with E-state index in [1.165, 1.54) is 6.26 Å². The van der Waals surface area contributed by atoms with Crippen LogP contribution in [-0.4, -0.2) is 10.9 Å². The minimum atomic E-state index is -0.0488. The number of carbonyl (C=O) groups is 1. The van der Waals surface area contributed by atoms with Gasteiger partial charge in [0.05, 0.1) is 17.4 Å². The van der Waals surface area contributed by atoms with Crippen LogP contribution >= 0.6 is 0 Å². The van der Waals surface area contributed by atoms with Crippen molar-refractivity contribution in [3.63, 3.8) is 0 Å². The van der Waals surface area contributed by atoms with Gasteiger partial charge < -0.3 is 9.84 Å². The number of phenols is 1. The molecule has 1 N–H and O–H groups in total. The van der Waals surface area contributed by atoms with Crippen LogP contribution in [0.1, 0.15) is 75.9 Å². The molecule has 0 aromatic heterocycles. The summed E-state index contributed by atoms with van der Waals surface area (Å²) < 4.78 is 5.64. The molecule has 3 heteroatoms. The molecule has 0 spiro atoms. The topological polar surface area (TPSA) is 46.5 Å². The van der Waals surface area contributed by atoms with E-state index in [1.807, 2.05) is 33.8 Å². The van der Waals surface area contributed by atoms with Gasteiger partial charge in [0.15, 0.2) is 5.78 Å². The number of benzene rings is 1. The van der Waals surface area contributed by atoms with Gasteiger partial charge in [-0.25, -0.2) is 0 Å². The maximum absolute atomic E-state index is 12.8. The number of hydrogen-bond acceptors (Lipinski definition) is 3. The number of carbonyl (C=O) groups excluding carboxylic acids is 1.